The summed E-state index contributed by atoms with van der Waals surface area (Å²) in [6.45, 7) is 0. The molecule has 0 amide bonds. The zero-order valence-corrected chi connectivity index (χ0v) is 7.92. The Labute approximate surface area is 85.4 Å². The highest BCUT2D eigenvalue weighted by atomic mass is 16.4. The van der Waals surface area contributed by atoms with Gasteiger partial charge in [0, 0.05) is 23.9 Å². The first-order chi connectivity index (χ1) is 7.24. The van der Waals surface area contributed by atoms with Crippen molar-refractivity contribution in [3.05, 3.63) is 30.0 Å². The number of fused-ring (bicyclic) bond motifs is 1. The molecule has 0 bridgehead atoms. The van der Waals surface area contributed by atoms with Crippen molar-refractivity contribution in [2.24, 2.45) is 0 Å². The number of carboxylic acids is 1. The third-order valence-corrected chi connectivity index (χ3v) is 2.58. The zero-order valence-electron chi connectivity index (χ0n) is 7.92. The number of rotatable bonds is 2. The molecule has 1 fully saturated rings. The molecule has 0 aliphatic heterocycles. The van der Waals surface area contributed by atoms with E-state index in [2.05, 4.69) is 9.97 Å². The van der Waals surface area contributed by atoms with Crippen LogP contribution in [0, 0.1) is 0 Å². The lowest BCUT2D eigenvalue weighted by atomic mass is 10.3. The number of nitrogens with zero attached hydrogens (tertiary/aromatic N) is 3. The lowest BCUT2D eigenvalue weighted by Gasteiger charge is -1.96. The Kier molecular flexibility index (Phi) is 1.56. The first kappa shape index (κ1) is 8.40. The number of imidazole rings is 1. The molecule has 0 saturated heterocycles. The van der Waals surface area contributed by atoms with E-state index in [0.717, 1.165) is 5.69 Å². The molecule has 0 radical (unpaired) electrons. The van der Waals surface area contributed by atoms with Crippen LogP contribution in [0.15, 0.2) is 18.6 Å². The smallest absolute Gasteiger partial charge is 0.356 e. The van der Waals surface area contributed by atoms with Crippen LogP contribution in [0.4, 0.5) is 0 Å². The predicted octanol–water partition coefficient (Wildman–Crippen LogP) is 1.30. The van der Waals surface area contributed by atoms with E-state index in [1.54, 1.807) is 10.7 Å². The van der Waals surface area contributed by atoms with Gasteiger partial charge in [-0.15, -0.1) is 0 Å². The Morgan fingerprint density at radius 1 is 1.53 bits per heavy atom. The normalized spacial score (nSPS) is 15.7. The molecule has 1 aliphatic rings. The maximum Gasteiger partial charge on any atom is 0.356 e. The van der Waals surface area contributed by atoms with Crippen molar-refractivity contribution in [2.45, 2.75) is 18.8 Å². The molecule has 2 aromatic rings. The van der Waals surface area contributed by atoms with Crippen LogP contribution in [0.2, 0.25) is 0 Å². The predicted molar refractivity (Wildman–Crippen MR) is 51.9 cm³/mol. The summed E-state index contributed by atoms with van der Waals surface area (Å²) in [5.41, 5.74) is 1.74. The van der Waals surface area contributed by atoms with E-state index in [-0.39, 0.29) is 5.69 Å². The summed E-state index contributed by atoms with van der Waals surface area (Å²) in [4.78, 5) is 19.0. The molecule has 5 heteroatoms. The molecule has 0 spiro atoms. The number of carbonyl (C=O) groups is 1. The molecule has 1 N–H and O–H groups in total. The molecule has 5 nitrogen and oxygen atoms in total. The van der Waals surface area contributed by atoms with Gasteiger partial charge in [-0.25, -0.2) is 14.8 Å². The van der Waals surface area contributed by atoms with Gasteiger partial charge in [-0.3, -0.25) is 4.40 Å². The minimum absolute atomic E-state index is 0.0600. The van der Waals surface area contributed by atoms with Crippen molar-refractivity contribution in [1.29, 1.82) is 0 Å². The van der Waals surface area contributed by atoms with Crippen LogP contribution < -0.4 is 0 Å². The minimum atomic E-state index is -1.01. The van der Waals surface area contributed by atoms with Gasteiger partial charge in [0.2, 0.25) is 0 Å². The van der Waals surface area contributed by atoms with Crippen LogP contribution in [0.3, 0.4) is 0 Å². The zero-order chi connectivity index (χ0) is 10.4. The Morgan fingerprint density at radius 2 is 2.33 bits per heavy atom. The third-order valence-electron chi connectivity index (χ3n) is 2.58. The van der Waals surface area contributed by atoms with Gasteiger partial charge in [0.05, 0.1) is 0 Å². The average Bonchev–Trinajstić information content (AvgIpc) is 2.96. The number of hydrogen-bond donors (Lipinski definition) is 1. The molecular formula is C10H9N3O2. The van der Waals surface area contributed by atoms with Gasteiger partial charge in [0.15, 0.2) is 5.69 Å². The Bertz CT molecular complexity index is 543. The van der Waals surface area contributed by atoms with Gasteiger partial charge in [-0.05, 0) is 12.8 Å². The van der Waals surface area contributed by atoms with Gasteiger partial charge < -0.3 is 5.11 Å². The Morgan fingerprint density at radius 3 is 3.00 bits per heavy atom. The number of aromatic carboxylic acids is 1. The lowest BCUT2D eigenvalue weighted by Crippen LogP contribution is -1.94. The fourth-order valence-corrected chi connectivity index (χ4v) is 1.61. The molecule has 76 valence electrons. The van der Waals surface area contributed by atoms with E-state index in [1.807, 2.05) is 6.07 Å². The van der Waals surface area contributed by atoms with Crippen molar-refractivity contribution in [3.8, 4) is 0 Å². The summed E-state index contributed by atoms with van der Waals surface area (Å²) < 4.78 is 1.63. The highest BCUT2D eigenvalue weighted by Gasteiger charge is 2.25. The summed E-state index contributed by atoms with van der Waals surface area (Å²) in [5.74, 6) is -0.452. The van der Waals surface area contributed by atoms with Crippen molar-refractivity contribution < 1.29 is 9.90 Å². The summed E-state index contributed by atoms with van der Waals surface area (Å²) >= 11 is 0. The first-order valence-electron chi connectivity index (χ1n) is 4.82. The molecule has 3 rings (SSSR count). The lowest BCUT2D eigenvalue weighted by molar-refractivity contribution is 0.0691. The molecule has 1 saturated carbocycles. The Balaban J connectivity index is 2.13. The second-order valence-electron chi connectivity index (χ2n) is 3.78. The van der Waals surface area contributed by atoms with Crippen LogP contribution in [0.5, 0.6) is 0 Å². The van der Waals surface area contributed by atoms with Gasteiger partial charge in [0.25, 0.3) is 0 Å². The van der Waals surface area contributed by atoms with Gasteiger partial charge in [-0.2, -0.15) is 0 Å². The highest BCUT2D eigenvalue weighted by molar-refractivity contribution is 5.86. The van der Waals surface area contributed by atoms with Gasteiger partial charge in [-0.1, -0.05) is 0 Å². The second kappa shape index (κ2) is 2.79. The molecule has 15 heavy (non-hydrogen) atoms. The number of hydrogen-bond acceptors (Lipinski definition) is 3. The van der Waals surface area contributed by atoms with E-state index < -0.39 is 5.97 Å². The van der Waals surface area contributed by atoms with Crippen molar-refractivity contribution in [1.82, 2.24) is 14.4 Å². The largest absolute Gasteiger partial charge is 0.476 e. The quantitative estimate of drug-likeness (QED) is 0.798. The summed E-state index contributed by atoms with van der Waals surface area (Å²) in [5, 5.41) is 8.78. The monoisotopic (exact) mass is 203 g/mol. The standard InChI is InChI=1S/C10H9N3O2/c14-10(15)8-4-13-5-11-7(6-1-2-6)3-9(13)12-8/h3-6H,1-2H2,(H,14,15). The van der Waals surface area contributed by atoms with E-state index in [4.69, 9.17) is 5.11 Å². The maximum atomic E-state index is 10.7. The van der Waals surface area contributed by atoms with Crippen LogP contribution >= 0.6 is 0 Å². The van der Waals surface area contributed by atoms with Gasteiger partial charge in [0.1, 0.15) is 12.0 Å². The molecule has 2 aromatic heterocycles. The Hall–Kier alpha value is -1.91. The van der Waals surface area contributed by atoms with Crippen molar-refractivity contribution in [2.75, 3.05) is 0 Å². The SMILES string of the molecule is O=C(O)c1cn2cnc(C3CC3)cc2n1. The maximum absolute atomic E-state index is 10.7. The molecule has 0 aromatic carbocycles. The summed E-state index contributed by atoms with van der Waals surface area (Å²) in [6, 6.07) is 1.87. The minimum Gasteiger partial charge on any atom is -0.476 e. The molecule has 2 heterocycles. The van der Waals surface area contributed by atoms with E-state index >= 15 is 0 Å². The van der Waals surface area contributed by atoms with Crippen molar-refractivity contribution >= 4 is 11.6 Å². The van der Waals surface area contributed by atoms with Crippen LogP contribution in [0.1, 0.15) is 34.9 Å². The van der Waals surface area contributed by atoms with Crippen LogP contribution in [-0.2, 0) is 0 Å². The summed E-state index contributed by atoms with van der Waals surface area (Å²) in [7, 11) is 0. The molecular weight excluding hydrogens is 194 g/mol. The highest BCUT2D eigenvalue weighted by Crippen LogP contribution is 2.38. The fourth-order valence-electron chi connectivity index (χ4n) is 1.61. The van der Waals surface area contributed by atoms with Crippen molar-refractivity contribution in [3.63, 3.8) is 0 Å². The van der Waals surface area contributed by atoms with Crippen LogP contribution in [0.25, 0.3) is 5.65 Å². The topological polar surface area (TPSA) is 67.5 Å². The van der Waals surface area contributed by atoms with Gasteiger partial charge >= 0.3 is 5.97 Å². The van der Waals surface area contributed by atoms with E-state index in [1.165, 1.54) is 19.0 Å². The van der Waals surface area contributed by atoms with E-state index in [0.29, 0.717) is 11.6 Å². The third kappa shape index (κ3) is 1.36. The fraction of sp³-hybridized carbons (Fsp3) is 0.300. The average molecular weight is 203 g/mol. The second-order valence-corrected chi connectivity index (χ2v) is 3.78. The molecule has 0 unspecified atom stereocenters. The molecule has 0 atom stereocenters. The molecule has 1 aliphatic carbocycles. The summed E-state index contributed by atoms with van der Waals surface area (Å²) in [6.07, 6.45) is 5.45. The number of aromatic nitrogens is 3. The number of carboxylic acid groups (broad SMARTS) is 1. The van der Waals surface area contributed by atoms with E-state index in [9.17, 15) is 4.79 Å². The van der Waals surface area contributed by atoms with Crippen LogP contribution in [-0.4, -0.2) is 25.4 Å². The first-order valence-corrected chi connectivity index (χ1v) is 4.82.